The number of hydrogen-bond donors (Lipinski definition) is 1. The maximum Gasteiger partial charge on any atom is 0.234 e. The van der Waals surface area contributed by atoms with Gasteiger partial charge in [0.05, 0.1) is 23.3 Å². The number of nitriles is 1. The summed E-state index contributed by atoms with van der Waals surface area (Å²) in [5.41, 5.74) is 0.714. The minimum atomic E-state index is -0.131. The summed E-state index contributed by atoms with van der Waals surface area (Å²) in [6.07, 6.45) is 3.35. The first-order valence-corrected chi connectivity index (χ1v) is 8.72. The Morgan fingerprint density at radius 2 is 2.26 bits per heavy atom. The van der Waals surface area contributed by atoms with Crippen LogP contribution in [0, 0.1) is 11.3 Å². The minimum Gasteiger partial charge on any atom is -0.324 e. The van der Waals surface area contributed by atoms with Crippen LogP contribution >= 0.6 is 23.5 Å². The number of aromatic nitrogens is 3. The van der Waals surface area contributed by atoms with E-state index in [0.29, 0.717) is 23.1 Å². The summed E-state index contributed by atoms with van der Waals surface area (Å²) in [6, 6.07) is 9.51. The zero-order chi connectivity index (χ0) is 16.5. The molecule has 0 fully saturated rings. The predicted octanol–water partition coefficient (Wildman–Crippen LogP) is 2.81. The summed E-state index contributed by atoms with van der Waals surface area (Å²) in [7, 11) is 0. The van der Waals surface area contributed by atoms with Crippen molar-refractivity contribution in [1.29, 1.82) is 5.26 Å². The van der Waals surface area contributed by atoms with Crippen molar-refractivity contribution in [3.05, 3.63) is 43.2 Å². The average molecular weight is 345 g/mol. The van der Waals surface area contributed by atoms with Gasteiger partial charge in [-0.1, -0.05) is 30.0 Å². The highest BCUT2D eigenvalue weighted by atomic mass is 32.2. The topological polar surface area (TPSA) is 83.6 Å². The van der Waals surface area contributed by atoms with E-state index < -0.39 is 0 Å². The molecule has 0 bridgehead atoms. The van der Waals surface area contributed by atoms with Crippen LogP contribution < -0.4 is 5.32 Å². The molecule has 0 aliphatic rings. The van der Waals surface area contributed by atoms with Crippen LogP contribution in [0.3, 0.4) is 0 Å². The van der Waals surface area contributed by atoms with E-state index in [-0.39, 0.29) is 11.7 Å². The highest BCUT2D eigenvalue weighted by molar-refractivity contribution is 8.00. The normalized spacial score (nSPS) is 10.0. The molecule has 2 aromatic rings. The molecule has 8 heteroatoms. The predicted molar refractivity (Wildman–Crippen MR) is 92.4 cm³/mol. The highest BCUT2D eigenvalue weighted by Gasteiger charge is 2.10. The van der Waals surface area contributed by atoms with Gasteiger partial charge in [-0.05, 0) is 12.1 Å². The van der Waals surface area contributed by atoms with Gasteiger partial charge in [-0.2, -0.15) is 5.26 Å². The van der Waals surface area contributed by atoms with E-state index >= 15 is 0 Å². The van der Waals surface area contributed by atoms with E-state index in [1.54, 1.807) is 12.4 Å². The average Bonchev–Trinajstić information content (AvgIpc) is 3.00. The van der Waals surface area contributed by atoms with Crippen LogP contribution in [0.2, 0.25) is 0 Å². The van der Waals surface area contributed by atoms with Crippen LogP contribution in [0.1, 0.15) is 0 Å². The van der Waals surface area contributed by atoms with Gasteiger partial charge < -0.3 is 9.88 Å². The molecule has 1 aromatic heterocycles. The van der Waals surface area contributed by atoms with Gasteiger partial charge in [0.1, 0.15) is 6.33 Å². The first-order chi connectivity index (χ1) is 11.2. The maximum absolute atomic E-state index is 12.1. The number of amides is 1. The van der Waals surface area contributed by atoms with E-state index in [1.165, 1.54) is 23.5 Å². The third-order valence-electron chi connectivity index (χ3n) is 2.69. The highest BCUT2D eigenvalue weighted by Crippen LogP contribution is 2.27. The number of thioether (sulfide) groups is 2. The van der Waals surface area contributed by atoms with Gasteiger partial charge >= 0.3 is 0 Å². The second kappa shape index (κ2) is 9.02. The SMILES string of the molecule is C=CCn1cnnc1SCC(=O)Nc1ccccc1SCC#N. The zero-order valence-corrected chi connectivity index (χ0v) is 13.9. The third kappa shape index (κ3) is 5.16. The summed E-state index contributed by atoms with van der Waals surface area (Å²) in [5.74, 6) is 0.437. The molecule has 1 N–H and O–H groups in total. The first kappa shape index (κ1) is 17.1. The molecule has 6 nitrogen and oxygen atoms in total. The largest absolute Gasteiger partial charge is 0.324 e. The van der Waals surface area contributed by atoms with Crippen molar-refractivity contribution >= 4 is 35.1 Å². The van der Waals surface area contributed by atoms with Gasteiger partial charge in [-0.25, -0.2) is 0 Å². The van der Waals surface area contributed by atoms with Crippen LogP contribution in [0.15, 0.2) is 53.3 Å². The first-order valence-electron chi connectivity index (χ1n) is 6.74. The second-order valence-electron chi connectivity index (χ2n) is 4.33. The smallest absolute Gasteiger partial charge is 0.234 e. The molecular weight excluding hydrogens is 330 g/mol. The zero-order valence-electron chi connectivity index (χ0n) is 12.3. The lowest BCUT2D eigenvalue weighted by atomic mass is 10.3. The van der Waals surface area contributed by atoms with E-state index in [2.05, 4.69) is 28.2 Å². The van der Waals surface area contributed by atoms with Crippen LogP contribution in [0.4, 0.5) is 5.69 Å². The Morgan fingerprint density at radius 1 is 1.43 bits per heavy atom. The van der Waals surface area contributed by atoms with E-state index in [0.717, 1.165) is 4.90 Å². The van der Waals surface area contributed by atoms with Crippen molar-refractivity contribution < 1.29 is 4.79 Å². The van der Waals surface area contributed by atoms with Crippen LogP contribution in [0.5, 0.6) is 0 Å². The third-order valence-corrected chi connectivity index (χ3v) is 4.61. The number of nitrogens with one attached hydrogen (secondary N) is 1. The number of anilines is 1. The lowest BCUT2D eigenvalue weighted by Crippen LogP contribution is -2.15. The summed E-state index contributed by atoms with van der Waals surface area (Å²) in [5, 5.41) is 20.0. The Balaban J connectivity index is 1.93. The molecule has 2 rings (SSSR count). The summed E-state index contributed by atoms with van der Waals surface area (Å²) in [4.78, 5) is 13.0. The lowest BCUT2D eigenvalue weighted by molar-refractivity contribution is -0.113. The monoisotopic (exact) mass is 345 g/mol. The standard InChI is InChI=1S/C15H15N5OS2/c1-2-8-20-11-17-19-15(20)23-10-14(21)18-12-5-3-4-6-13(12)22-9-7-16/h2-6,11H,1,8-10H2,(H,18,21). The van der Waals surface area contributed by atoms with Crippen LogP contribution in [-0.4, -0.2) is 32.2 Å². The molecule has 0 radical (unpaired) electrons. The fraction of sp³-hybridized carbons (Fsp3) is 0.200. The quantitative estimate of drug-likeness (QED) is 0.585. The number of benzene rings is 1. The van der Waals surface area contributed by atoms with Crippen molar-refractivity contribution in [2.75, 3.05) is 16.8 Å². The van der Waals surface area contributed by atoms with Crippen molar-refractivity contribution in [3.63, 3.8) is 0 Å². The molecule has 0 aliphatic carbocycles. The fourth-order valence-electron chi connectivity index (χ4n) is 1.74. The molecule has 0 aliphatic heterocycles. The molecule has 0 saturated carbocycles. The number of nitrogens with zero attached hydrogens (tertiary/aromatic N) is 4. The Hall–Kier alpha value is -2.24. The molecule has 0 atom stereocenters. The molecule has 1 aromatic carbocycles. The second-order valence-corrected chi connectivity index (χ2v) is 6.29. The van der Waals surface area contributed by atoms with E-state index in [1.807, 2.05) is 28.8 Å². The van der Waals surface area contributed by atoms with E-state index in [4.69, 9.17) is 5.26 Å². The Labute approximate surface area is 143 Å². The van der Waals surface area contributed by atoms with Crippen LogP contribution in [0.25, 0.3) is 0 Å². The fourth-order valence-corrected chi connectivity index (χ4v) is 3.14. The number of allylic oxidation sites excluding steroid dienone is 1. The number of rotatable bonds is 8. The van der Waals surface area contributed by atoms with Gasteiger partial charge in [0.25, 0.3) is 0 Å². The van der Waals surface area contributed by atoms with Gasteiger partial charge in [0.15, 0.2) is 5.16 Å². The maximum atomic E-state index is 12.1. The van der Waals surface area contributed by atoms with Crippen molar-refractivity contribution in [2.24, 2.45) is 0 Å². The molecule has 118 valence electrons. The van der Waals surface area contributed by atoms with Crippen molar-refractivity contribution in [3.8, 4) is 6.07 Å². The van der Waals surface area contributed by atoms with Crippen molar-refractivity contribution in [2.45, 2.75) is 16.6 Å². The molecule has 23 heavy (non-hydrogen) atoms. The van der Waals surface area contributed by atoms with Crippen LogP contribution in [-0.2, 0) is 11.3 Å². The summed E-state index contributed by atoms with van der Waals surface area (Å²) >= 11 is 2.71. The van der Waals surface area contributed by atoms with Crippen molar-refractivity contribution in [1.82, 2.24) is 14.8 Å². The Morgan fingerprint density at radius 3 is 3.04 bits per heavy atom. The molecule has 0 saturated heterocycles. The van der Waals surface area contributed by atoms with Gasteiger partial charge in [-0.3, -0.25) is 4.79 Å². The number of hydrogen-bond acceptors (Lipinski definition) is 6. The Bertz CT molecular complexity index is 723. The van der Waals surface area contributed by atoms with E-state index in [9.17, 15) is 4.79 Å². The molecular formula is C15H15N5OS2. The molecule has 0 spiro atoms. The molecule has 0 unspecified atom stereocenters. The van der Waals surface area contributed by atoms with Gasteiger partial charge in [0.2, 0.25) is 5.91 Å². The van der Waals surface area contributed by atoms with Gasteiger partial charge in [-0.15, -0.1) is 28.5 Å². The number of para-hydroxylation sites is 1. The molecule has 1 heterocycles. The molecule has 1 amide bonds. The lowest BCUT2D eigenvalue weighted by Gasteiger charge is -2.09. The minimum absolute atomic E-state index is 0.131. The van der Waals surface area contributed by atoms with Gasteiger partial charge in [0, 0.05) is 11.4 Å². The number of carbonyl (C=O) groups is 1. The summed E-state index contributed by atoms with van der Waals surface area (Å²) in [6.45, 7) is 4.27. The Kier molecular flexibility index (Phi) is 6.72. The summed E-state index contributed by atoms with van der Waals surface area (Å²) < 4.78 is 1.82. The number of carbonyl (C=O) groups excluding carboxylic acids is 1.